The molecule has 4 nitrogen and oxygen atoms in total. The fourth-order valence-corrected chi connectivity index (χ4v) is 1.85. The highest BCUT2D eigenvalue weighted by Crippen LogP contribution is 2.19. The SMILES string of the molecule is COC(=O)CNC(=O)/C=C/c1cccc2ccccc12. The number of carbonyl (C=O) groups excluding carboxylic acids is 2. The van der Waals surface area contributed by atoms with Crippen molar-refractivity contribution in [3.8, 4) is 0 Å². The lowest BCUT2D eigenvalue weighted by Crippen LogP contribution is -2.28. The van der Waals surface area contributed by atoms with Crippen molar-refractivity contribution < 1.29 is 14.3 Å². The van der Waals surface area contributed by atoms with E-state index >= 15 is 0 Å². The summed E-state index contributed by atoms with van der Waals surface area (Å²) in [5.41, 5.74) is 0.955. The molecule has 0 aliphatic rings. The molecule has 0 radical (unpaired) electrons. The van der Waals surface area contributed by atoms with E-state index in [4.69, 9.17) is 0 Å². The number of benzene rings is 2. The Morgan fingerprint density at radius 3 is 2.70 bits per heavy atom. The van der Waals surface area contributed by atoms with E-state index in [0.29, 0.717) is 0 Å². The third kappa shape index (κ3) is 3.45. The van der Waals surface area contributed by atoms with Gasteiger partial charge in [0.05, 0.1) is 7.11 Å². The second-order valence-corrected chi connectivity index (χ2v) is 4.20. The number of carbonyl (C=O) groups is 2. The Morgan fingerprint density at radius 1 is 1.15 bits per heavy atom. The molecule has 2 aromatic rings. The van der Waals surface area contributed by atoms with Crippen LogP contribution in [0.5, 0.6) is 0 Å². The average molecular weight is 269 g/mol. The van der Waals surface area contributed by atoms with E-state index in [-0.39, 0.29) is 12.5 Å². The first-order chi connectivity index (χ1) is 9.70. The Kier molecular flexibility index (Phi) is 4.50. The van der Waals surface area contributed by atoms with E-state index in [0.717, 1.165) is 16.3 Å². The average Bonchev–Trinajstić information content (AvgIpc) is 2.50. The van der Waals surface area contributed by atoms with Crippen molar-refractivity contribution in [2.45, 2.75) is 0 Å². The third-order valence-electron chi connectivity index (χ3n) is 2.87. The van der Waals surface area contributed by atoms with Crippen LogP contribution < -0.4 is 5.32 Å². The van der Waals surface area contributed by atoms with Gasteiger partial charge in [0.15, 0.2) is 0 Å². The monoisotopic (exact) mass is 269 g/mol. The molecule has 0 unspecified atom stereocenters. The number of esters is 1. The van der Waals surface area contributed by atoms with E-state index in [1.54, 1.807) is 6.08 Å². The normalized spacial score (nSPS) is 10.7. The molecule has 0 fully saturated rings. The van der Waals surface area contributed by atoms with Gasteiger partial charge in [-0.15, -0.1) is 0 Å². The van der Waals surface area contributed by atoms with Crippen molar-refractivity contribution in [2.24, 2.45) is 0 Å². The molecule has 0 heterocycles. The first kappa shape index (κ1) is 13.8. The highest BCUT2D eigenvalue weighted by Gasteiger charge is 2.02. The molecular formula is C16H15NO3. The van der Waals surface area contributed by atoms with Crippen molar-refractivity contribution >= 4 is 28.7 Å². The molecule has 0 spiro atoms. The lowest BCUT2D eigenvalue weighted by atomic mass is 10.0. The van der Waals surface area contributed by atoms with Crippen molar-refractivity contribution in [3.05, 3.63) is 54.1 Å². The van der Waals surface area contributed by atoms with E-state index in [2.05, 4.69) is 10.1 Å². The third-order valence-corrected chi connectivity index (χ3v) is 2.87. The lowest BCUT2D eigenvalue weighted by Gasteiger charge is -2.02. The summed E-state index contributed by atoms with van der Waals surface area (Å²) in [6, 6.07) is 13.8. The Balaban J connectivity index is 2.10. The predicted octanol–water partition coefficient (Wildman–Crippen LogP) is 2.14. The molecule has 0 saturated carbocycles. The van der Waals surface area contributed by atoms with Crippen LogP contribution in [0.4, 0.5) is 0 Å². The number of nitrogens with one attached hydrogen (secondary N) is 1. The Hall–Kier alpha value is -2.62. The van der Waals surface area contributed by atoms with E-state index in [9.17, 15) is 9.59 Å². The van der Waals surface area contributed by atoms with Gasteiger partial charge in [0.25, 0.3) is 0 Å². The highest BCUT2D eigenvalue weighted by molar-refractivity contribution is 5.97. The van der Waals surface area contributed by atoms with Gasteiger partial charge < -0.3 is 10.1 Å². The minimum absolute atomic E-state index is 0.130. The van der Waals surface area contributed by atoms with E-state index in [1.165, 1.54) is 13.2 Å². The second kappa shape index (κ2) is 6.52. The van der Waals surface area contributed by atoms with Crippen LogP contribution in [0.1, 0.15) is 5.56 Å². The summed E-state index contributed by atoms with van der Waals surface area (Å²) in [6.07, 6.45) is 3.14. The standard InChI is InChI=1S/C16H15NO3/c1-20-16(19)11-17-15(18)10-9-13-7-4-6-12-5-2-3-8-14(12)13/h2-10H,11H2,1H3,(H,17,18)/b10-9+. The van der Waals surface area contributed by atoms with Gasteiger partial charge in [-0.05, 0) is 22.4 Å². The molecule has 0 saturated heterocycles. The molecule has 2 aromatic carbocycles. The first-order valence-electron chi connectivity index (χ1n) is 6.21. The zero-order valence-electron chi connectivity index (χ0n) is 11.1. The van der Waals surface area contributed by atoms with Crippen LogP contribution in [0.2, 0.25) is 0 Å². The maximum Gasteiger partial charge on any atom is 0.325 e. The predicted molar refractivity (Wildman–Crippen MR) is 78.0 cm³/mol. The maximum atomic E-state index is 11.6. The number of amides is 1. The van der Waals surface area contributed by atoms with Crippen LogP contribution in [-0.2, 0) is 14.3 Å². The quantitative estimate of drug-likeness (QED) is 0.683. The van der Waals surface area contributed by atoms with Gasteiger partial charge in [-0.2, -0.15) is 0 Å². The number of hydrogen-bond donors (Lipinski definition) is 1. The van der Waals surface area contributed by atoms with Crippen LogP contribution in [0.3, 0.4) is 0 Å². The van der Waals surface area contributed by atoms with Crippen molar-refractivity contribution in [1.29, 1.82) is 0 Å². The molecule has 4 heteroatoms. The van der Waals surface area contributed by atoms with Gasteiger partial charge in [-0.25, -0.2) is 0 Å². The molecule has 1 amide bonds. The Labute approximate surface area is 117 Å². The minimum atomic E-state index is -0.475. The summed E-state index contributed by atoms with van der Waals surface area (Å²) in [7, 11) is 1.28. The molecular weight excluding hydrogens is 254 g/mol. The number of ether oxygens (including phenoxy) is 1. The topological polar surface area (TPSA) is 55.4 Å². The number of rotatable bonds is 4. The largest absolute Gasteiger partial charge is 0.468 e. The van der Waals surface area contributed by atoms with Gasteiger partial charge in [-0.3, -0.25) is 9.59 Å². The van der Waals surface area contributed by atoms with Crippen LogP contribution >= 0.6 is 0 Å². The molecule has 0 bridgehead atoms. The summed E-state index contributed by atoms with van der Waals surface area (Å²) < 4.78 is 4.44. The van der Waals surface area contributed by atoms with Gasteiger partial charge in [0, 0.05) is 6.08 Å². The van der Waals surface area contributed by atoms with Crippen molar-refractivity contribution in [3.63, 3.8) is 0 Å². The molecule has 1 N–H and O–H groups in total. The van der Waals surface area contributed by atoms with Gasteiger partial charge in [-0.1, -0.05) is 42.5 Å². The molecule has 0 aromatic heterocycles. The van der Waals surface area contributed by atoms with Gasteiger partial charge in [0.2, 0.25) is 5.91 Å². The summed E-state index contributed by atoms with van der Waals surface area (Å²) >= 11 is 0. The van der Waals surface area contributed by atoms with Crippen LogP contribution in [0.25, 0.3) is 16.8 Å². The molecule has 0 aliphatic heterocycles. The molecule has 20 heavy (non-hydrogen) atoms. The van der Waals surface area contributed by atoms with Gasteiger partial charge in [0.1, 0.15) is 6.54 Å². The highest BCUT2D eigenvalue weighted by atomic mass is 16.5. The zero-order valence-corrected chi connectivity index (χ0v) is 11.1. The summed E-state index contributed by atoms with van der Waals surface area (Å²) in [6.45, 7) is -0.130. The molecule has 2 rings (SSSR count). The fraction of sp³-hybridized carbons (Fsp3) is 0.125. The smallest absolute Gasteiger partial charge is 0.325 e. The zero-order chi connectivity index (χ0) is 14.4. The van der Waals surface area contributed by atoms with E-state index < -0.39 is 5.97 Å². The van der Waals surface area contributed by atoms with Crippen LogP contribution in [-0.4, -0.2) is 25.5 Å². The number of methoxy groups -OCH3 is 1. The fourth-order valence-electron chi connectivity index (χ4n) is 1.85. The molecule has 0 atom stereocenters. The van der Waals surface area contributed by atoms with Crippen molar-refractivity contribution in [2.75, 3.05) is 13.7 Å². The van der Waals surface area contributed by atoms with E-state index in [1.807, 2.05) is 42.5 Å². The van der Waals surface area contributed by atoms with Gasteiger partial charge >= 0.3 is 5.97 Å². The number of fused-ring (bicyclic) bond motifs is 1. The minimum Gasteiger partial charge on any atom is -0.468 e. The summed E-state index contributed by atoms with van der Waals surface area (Å²) in [5.74, 6) is -0.805. The van der Waals surface area contributed by atoms with Crippen LogP contribution in [0, 0.1) is 0 Å². The van der Waals surface area contributed by atoms with Crippen LogP contribution in [0.15, 0.2) is 48.5 Å². The summed E-state index contributed by atoms with van der Waals surface area (Å²) in [4.78, 5) is 22.5. The molecule has 102 valence electrons. The Bertz CT molecular complexity index is 656. The second-order valence-electron chi connectivity index (χ2n) is 4.20. The van der Waals surface area contributed by atoms with Crippen molar-refractivity contribution in [1.82, 2.24) is 5.32 Å². The first-order valence-corrected chi connectivity index (χ1v) is 6.21. The maximum absolute atomic E-state index is 11.6. The Morgan fingerprint density at radius 2 is 1.90 bits per heavy atom. The molecule has 0 aliphatic carbocycles. The summed E-state index contributed by atoms with van der Waals surface area (Å²) in [5, 5.41) is 4.64. The lowest BCUT2D eigenvalue weighted by molar-refractivity contribution is -0.140. The number of hydrogen-bond acceptors (Lipinski definition) is 3.